The lowest BCUT2D eigenvalue weighted by Crippen LogP contribution is -2.14. The molecule has 0 fully saturated rings. The summed E-state index contributed by atoms with van der Waals surface area (Å²) in [7, 11) is 0. The largest absolute Gasteiger partial charge is 0.324 e. The Kier molecular flexibility index (Phi) is 3.85. The molecule has 0 spiro atoms. The van der Waals surface area contributed by atoms with Crippen LogP contribution >= 0.6 is 11.3 Å². The second-order valence-corrected chi connectivity index (χ2v) is 5.38. The van der Waals surface area contributed by atoms with E-state index in [-0.39, 0.29) is 10.6 Å². The van der Waals surface area contributed by atoms with Gasteiger partial charge in [-0.05, 0) is 18.2 Å². The number of carbonyl (C=O) groups is 1. The monoisotopic (exact) mass is 332 g/mol. The third-order valence-electron chi connectivity index (χ3n) is 2.96. The Bertz CT molecular complexity index is 890. The summed E-state index contributed by atoms with van der Waals surface area (Å²) in [6, 6.07) is 8.49. The number of rotatable bonds is 4. The topological polar surface area (TPSA) is 90.1 Å². The predicted molar refractivity (Wildman–Crippen MR) is 82.4 cm³/mol. The summed E-state index contributed by atoms with van der Waals surface area (Å²) in [5.41, 5.74) is 0.621. The highest BCUT2D eigenvalue weighted by Gasteiger charge is 2.16. The number of thiophene rings is 1. The molecule has 1 N–H and O–H groups in total. The zero-order valence-corrected chi connectivity index (χ0v) is 12.3. The third kappa shape index (κ3) is 3.09. The van der Waals surface area contributed by atoms with Crippen LogP contribution < -0.4 is 5.32 Å². The summed E-state index contributed by atoms with van der Waals surface area (Å²) >= 11 is 0.869. The van der Waals surface area contributed by atoms with Gasteiger partial charge in [0.1, 0.15) is 11.6 Å². The second kappa shape index (κ2) is 5.97. The quantitative estimate of drug-likeness (QED) is 0.586. The average molecular weight is 332 g/mol. The van der Waals surface area contributed by atoms with Crippen molar-refractivity contribution < 1.29 is 14.1 Å². The lowest BCUT2D eigenvalue weighted by atomic mass is 10.3. The summed E-state index contributed by atoms with van der Waals surface area (Å²) in [4.78, 5) is 22.3. The zero-order valence-electron chi connectivity index (χ0n) is 11.5. The molecule has 116 valence electrons. The van der Waals surface area contributed by atoms with Gasteiger partial charge in [0.15, 0.2) is 0 Å². The van der Waals surface area contributed by atoms with E-state index in [4.69, 9.17) is 0 Å². The van der Waals surface area contributed by atoms with Crippen molar-refractivity contribution in [3.05, 3.63) is 69.5 Å². The Morgan fingerprint density at radius 3 is 2.87 bits per heavy atom. The van der Waals surface area contributed by atoms with E-state index in [9.17, 15) is 19.3 Å². The van der Waals surface area contributed by atoms with Gasteiger partial charge in [-0.1, -0.05) is 17.4 Å². The molecule has 3 aromatic rings. The van der Waals surface area contributed by atoms with Gasteiger partial charge in [-0.15, -0.1) is 0 Å². The number of nitrogens with zero attached hydrogens (tertiary/aromatic N) is 3. The SMILES string of the molecule is O=C(Nc1ccnn1-c1cccc(F)c1)c1csc([N+](=O)[O-])c1. The molecule has 0 radical (unpaired) electrons. The van der Waals surface area contributed by atoms with Crippen LogP contribution in [0.15, 0.2) is 48.0 Å². The molecule has 0 aliphatic rings. The zero-order chi connectivity index (χ0) is 16.4. The number of carbonyl (C=O) groups excluding carboxylic acids is 1. The van der Waals surface area contributed by atoms with E-state index >= 15 is 0 Å². The number of halogens is 1. The molecule has 0 aliphatic heterocycles. The van der Waals surface area contributed by atoms with Crippen molar-refractivity contribution in [3.8, 4) is 5.69 Å². The first-order valence-corrected chi connectivity index (χ1v) is 7.27. The molecule has 7 nitrogen and oxygen atoms in total. The first-order valence-electron chi connectivity index (χ1n) is 6.39. The molecule has 3 rings (SSSR count). The van der Waals surface area contributed by atoms with Gasteiger partial charge in [-0.2, -0.15) is 5.10 Å². The molecule has 2 heterocycles. The summed E-state index contributed by atoms with van der Waals surface area (Å²) < 4.78 is 14.7. The standard InChI is InChI=1S/C14H9FN4O3S/c15-10-2-1-3-11(7-10)18-12(4-5-16-18)17-14(20)9-6-13(19(21)22)23-8-9/h1-8H,(H,17,20). The molecule has 1 amide bonds. The number of aromatic nitrogens is 2. The summed E-state index contributed by atoms with van der Waals surface area (Å²) in [6.45, 7) is 0. The van der Waals surface area contributed by atoms with E-state index in [0.717, 1.165) is 11.3 Å². The van der Waals surface area contributed by atoms with Gasteiger partial charge in [0.25, 0.3) is 5.91 Å². The molecular weight excluding hydrogens is 323 g/mol. The lowest BCUT2D eigenvalue weighted by Gasteiger charge is -2.08. The Labute approximate surface area is 133 Å². The number of amides is 1. The molecule has 0 aliphatic carbocycles. The second-order valence-electron chi connectivity index (χ2n) is 4.49. The van der Waals surface area contributed by atoms with Crippen molar-refractivity contribution in [3.63, 3.8) is 0 Å². The fraction of sp³-hybridized carbons (Fsp3) is 0. The Morgan fingerprint density at radius 2 is 2.17 bits per heavy atom. The van der Waals surface area contributed by atoms with E-state index in [1.165, 1.54) is 40.5 Å². The molecule has 0 unspecified atom stereocenters. The number of nitro groups is 1. The molecule has 9 heteroatoms. The number of benzene rings is 1. The maximum Gasteiger partial charge on any atom is 0.324 e. The number of nitrogens with one attached hydrogen (secondary N) is 1. The van der Waals surface area contributed by atoms with Crippen molar-refractivity contribution in [1.82, 2.24) is 9.78 Å². The number of anilines is 1. The van der Waals surface area contributed by atoms with Crippen LogP contribution in [-0.2, 0) is 0 Å². The first kappa shape index (κ1) is 14.9. The number of hydrogen-bond acceptors (Lipinski definition) is 5. The smallest absolute Gasteiger partial charge is 0.306 e. The maximum absolute atomic E-state index is 13.3. The van der Waals surface area contributed by atoms with Crippen LogP contribution in [0.3, 0.4) is 0 Å². The van der Waals surface area contributed by atoms with Crippen molar-refractivity contribution >= 4 is 28.1 Å². The molecule has 23 heavy (non-hydrogen) atoms. The van der Waals surface area contributed by atoms with Gasteiger partial charge < -0.3 is 5.32 Å². The summed E-state index contributed by atoms with van der Waals surface area (Å²) in [5.74, 6) is -0.606. The third-order valence-corrected chi connectivity index (χ3v) is 3.85. The minimum Gasteiger partial charge on any atom is -0.306 e. The lowest BCUT2D eigenvalue weighted by molar-refractivity contribution is -0.380. The molecule has 0 saturated carbocycles. The highest BCUT2D eigenvalue weighted by atomic mass is 32.1. The molecule has 0 bridgehead atoms. The van der Waals surface area contributed by atoms with E-state index in [1.807, 2.05) is 0 Å². The van der Waals surface area contributed by atoms with Crippen molar-refractivity contribution in [2.75, 3.05) is 5.32 Å². The van der Waals surface area contributed by atoms with Gasteiger partial charge in [-0.25, -0.2) is 9.07 Å². The Balaban J connectivity index is 1.85. The van der Waals surface area contributed by atoms with Gasteiger partial charge >= 0.3 is 5.00 Å². The molecule has 2 aromatic heterocycles. The van der Waals surface area contributed by atoms with Crippen LogP contribution in [-0.4, -0.2) is 20.6 Å². The van der Waals surface area contributed by atoms with E-state index in [0.29, 0.717) is 11.5 Å². The Morgan fingerprint density at radius 1 is 1.35 bits per heavy atom. The van der Waals surface area contributed by atoms with Crippen molar-refractivity contribution in [1.29, 1.82) is 0 Å². The van der Waals surface area contributed by atoms with E-state index in [2.05, 4.69) is 10.4 Å². The Hall–Kier alpha value is -3.07. The van der Waals surface area contributed by atoms with Gasteiger partial charge in [0.05, 0.1) is 22.4 Å². The molecule has 0 atom stereocenters. The summed E-state index contributed by atoms with van der Waals surface area (Å²) in [6.07, 6.45) is 1.45. The van der Waals surface area contributed by atoms with Crippen LogP contribution in [0.1, 0.15) is 10.4 Å². The van der Waals surface area contributed by atoms with E-state index in [1.54, 1.807) is 12.1 Å². The van der Waals surface area contributed by atoms with Gasteiger partial charge in [-0.3, -0.25) is 14.9 Å². The van der Waals surface area contributed by atoms with Crippen LogP contribution in [0.2, 0.25) is 0 Å². The van der Waals surface area contributed by atoms with Crippen LogP contribution in [0.5, 0.6) is 0 Å². The summed E-state index contributed by atoms with van der Waals surface area (Å²) in [5, 5.41) is 18.6. The highest BCUT2D eigenvalue weighted by Crippen LogP contribution is 2.24. The van der Waals surface area contributed by atoms with E-state index < -0.39 is 16.6 Å². The van der Waals surface area contributed by atoms with Gasteiger partial charge in [0, 0.05) is 17.5 Å². The normalized spacial score (nSPS) is 10.5. The number of hydrogen-bond donors (Lipinski definition) is 1. The first-order chi connectivity index (χ1) is 11.0. The van der Waals surface area contributed by atoms with Crippen LogP contribution in [0.25, 0.3) is 5.69 Å². The molecule has 1 aromatic carbocycles. The van der Waals surface area contributed by atoms with Crippen molar-refractivity contribution in [2.45, 2.75) is 0 Å². The minimum atomic E-state index is -0.557. The minimum absolute atomic E-state index is 0.117. The molecule has 0 saturated heterocycles. The average Bonchev–Trinajstić information content (AvgIpc) is 3.16. The highest BCUT2D eigenvalue weighted by molar-refractivity contribution is 7.13. The predicted octanol–water partition coefficient (Wildman–Crippen LogP) is 3.23. The van der Waals surface area contributed by atoms with Gasteiger partial charge in [0.2, 0.25) is 0 Å². The van der Waals surface area contributed by atoms with Crippen LogP contribution in [0.4, 0.5) is 15.2 Å². The fourth-order valence-corrected chi connectivity index (χ4v) is 2.64. The molecular formula is C14H9FN4O3S. The maximum atomic E-state index is 13.3. The van der Waals surface area contributed by atoms with Crippen LogP contribution in [0, 0.1) is 15.9 Å². The van der Waals surface area contributed by atoms with Crippen molar-refractivity contribution in [2.24, 2.45) is 0 Å². The fourth-order valence-electron chi connectivity index (χ4n) is 1.94.